The van der Waals surface area contributed by atoms with Crippen molar-refractivity contribution in [3.8, 4) is 10.6 Å². The molecule has 0 aliphatic rings. The summed E-state index contributed by atoms with van der Waals surface area (Å²) < 4.78 is 27.8. The van der Waals surface area contributed by atoms with Crippen LogP contribution in [0.15, 0.2) is 83.8 Å². The lowest BCUT2D eigenvalue weighted by molar-refractivity contribution is -0.114. The quantitative estimate of drug-likeness (QED) is 0.387. The molecule has 3 aromatic carbocycles. The fourth-order valence-electron chi connectivity index (χ4n) is 3.02. The molecule has 0 spiro atoms. The van der Waals surface area contributed by atoms with Crippen LogP contribution in [0.3, 0.4) is 0 Å². The molecule has 10 heteroatoms. The van der Waals surface area contributed by atoms with Gasteiger partial charge in [-0.15, -0.1) is 10.2 Å². The Hall–Kier alpha value is -3.27. The summed E-state index contributed by atoms with van der Waals surface area (Å²) in [6.07, 6.45) is 0. The van der Waals surface area contributed by atoms with Gasteiger partial charge in [0.05, 0.1) is 10.6 Å². The third-order valence-electron chi connectivity index (χ3n) is 4.70. The normalized spacial score (nSPS) is 11.2. The maximum atomic E-state index is 13.4. The highest BCUT2D eigenvalue weighted by Gasteiger charge is 2.27. The lowest BCUT2D eigenvalue weighted by atomic mass is 10.2. The third-order valence-corrected chi connectivity index (χ3v) is 7.63. The molecular formula is C23H19ClN4O3S2. The van der Waals surface area contributed by atoms with Gasteiger partial charge in [0, 0.05) is 10.6 Å². The van der Waals surface area contributed by atoms with Crippen LogP contribution in [0.2, 0.25) is 5.02 Å². The van der Waals surface area contributed by atoms with Crippen LogP contribution in [0.4, 0.5) is 10.8 Å². The molecule has 1 aromatic heterocycles. The average Bonchev–Trinajstić information content (AvgIpc) is 3.27. The molecule has 168 valence electrons. The number of aromatic nitrogens is 2. The van der Waals surface area contributed by atoms with E-state index < -0.39 is 22.5 Å². The molecule has 7 nitrogen and oxygen atoms in total. The van der Waals surface area contributed by atoms with E-state index in [2.05, 4.69) is 15.5 Å². The first-order chi connectivity index (χ1) is 15.8. The molecular weight excluding hydrogens is 480 g/mol. The number of benzene rings is 3. The van der Waals surface area contributed by atoms with Crippen LogP contribution in [0.5, 0.6) is 0 Å². The van der Waals surface area contributed by atoms with Gasteiger partial charge >= 0.3 is 0 Å². The van der Waals surface area contributed by atoms with Crippen LogP contribution in [-0.4, -0.2) is 31.1 Å². The minimum atomic E-state index is -4.03. The van der Waals surface area contributed by atoms with Crippen molar-refractivity contribution >= 4 is 49.7 Å². The molecule has 0 aliphatic carbocycles. The minimum Gasteiger partial charge on any atom is -0.299 e. The zero-order chi connectivity index (χ0) is 23.4. The van der Waals surface area contributed by atoms with Crippen LogP contribution in [0, 0.1) is 6.92 Å². The molecule has 4 rings (SSSR count). The topological polar surface area (TPSA) is 92.3 Å². The lowest BCUT2D eigenvalue weighted by Gasteiger charge is -2.24. The van der Waals surface area contributed by atoms with Gasteiger partial charge in [-0.25, -0.2) is 8.42 Å². The lowest BCUT2D eigenvalue weighted by Crippen LogP contribution is -2.38. The van der Waals surface area contributed by atoms with Gasteiger partial charge in [0.2, 0.25) is 11.0 Å². The van der Waals surface area contributed by atoms with Crippen molar-refractivity contribution in [1.29, 1.82) is 0 Å². The Morgan fingerprint density at radius 3 is 2.30 bits per heavy atom. The molecule has 0 saturated heterocycles. The maximum absolute atomic E-state index is 13.4. The Morgan fingerprint density at radius 2 is 1.64 bits per heavy atom. The van der Waals surface area contributed by atoms with E-state index in [1.165, 1.54) is 35.6 Å². The van der Waals surface area contributed by atoms with Crippen LogP contribution >= 0.6 is 22.9 Å². The van der Waals surface area contributed by atoms with E-state index in [1.807, 2.05) is 37.3 Å². The number of rotatable bonds is 7. The molecule has 0 saturated carbocycles. The smallest absolute Gasteiger partial charge is 0.264 e. The molecule has 1 amide bonds. The van der Waals surface area contributed by atoms with Gasteiger partial charge in [0.1, 0.15) is 11.6 Å². The predicted molar refractivity (Wildman–Crippen MR) is 131 cm³/mol. The first-order valence-corrected chi connectivity index (χ1v) is 12.5. The van der Waals surface area contributed by atoms with Crippen LogP contribution in [0.25, 0.3) is 10.6 Å². The number of anilines is 2. The standard InChI is InChI=1S/C23H19ClN4O3S2/c1-16-7-11-19(12-8-16)28(33(30,31)20-13-9-18(24)10-14-20)15-21(29)25-23-27-26-22(32-23)17-5-3-2-4-6-17/h2-14H,15H2,1H3,(H,25,27,29). The molecule has 1 heterocycles. The number of amides is 1. The van der Waals surface area contributed by atoms with Gasteiger partial charge in [-0.1, -0.05) is 71.0 Å². The zero-order valence-electron chi connectivity index (χ0n) is 17.5. The van der Waals surface area contributed by atoms with Crippen molar-refractivity contribution in [2.75, 3.05) is 16.2 Å². The molecule has 0 radical (unpaired) electrons. The molecule has 4 aromatic rings. The van der Waals surface area contributed by atoms with E-state index in [0.717, 1.165) is 15.4 Å². The fourth-order valence-corrected chi connectivity index (χ4v) is 5.33. The second-order valence-corrected chi connectivity index (χ2v) is 10.4. The number of halogens is 1. The van der Waals surface area contributed by atoms with Crippen LogP contribution in [0.1, 0.15) is 5.56 Å². The Balaban J connectivity index is 1.59. The van der Waals surface area contributed by atoms with E-state index in [9.17, 15) is 13.2 Å². The summed E-state index contributed by atoms with van der Waals surface area (Å²) in [7, 11) is -4.03. The monoisotopic (exact) mass is 498 g/mol. The summed E-state index contributed by atoms with van der Waals surface area (Å²) in [5.74, 6) is -0.538. The van der Waals surface area contributed by atoms with E-state index in [1.54, 1.807) is 24.3 Å². The number of nitrogens with one attached hydrogen (secondary N) is 1. The summed E-state index contributed by atoms with van der Waals surface area (Å²) in [5.41, 5.74) is 2.21. The van der Waals surface area contributed by atoms with E-state index in [-0.39, 0.29) is 10.0 Å². The summed E-state index contributed by atoms with van der Waals surface area (Å²) in [6.45, 7) is 1.46. The van der Waals surface area contributed by atoms with Crippen molar-refractivity contribution < 1.29 is 13.2 Å². The highest BCUT2D eigenvalue weighted by atomic mass is 35.5. The minimum absolute atomic E-state index is 0.0301. The van der Waals surface area contributed by atoms with Gasteiger partial charge in [0.15, 0.2) is 0 Å². The molecule has 1 N–H and O–H groups in total. The van der Waals surface area contributed by atoms with Crippen molar-refractivity contribution in [3.63, 3.8) is 0 Å². The Bertz CT molecular complexity index is 1360. The third kappa shape index (κ3) is 5.39. The number of sulfonamides is 1. The van der Waals surface area contributed by atoms with E-state index in [4.69, 9.17) is 11.6 Å². The number of carbonyl (C=O) groups excluding carboxylic acids is 1. The molecule has 0 aliphatic heterocycles. The Morgan fingerprint density at radius 1 is 0.970 bits per heavy atom. The molecule has 33 heavy (non-hydrogen) atoms. The first-order valence-electron chi connectivity index (χ1n) is 9.87. The van der Waals surface area contributed by atoms with Gasteiger partial charge < -0.3 is 0 Å². The van der Waals surface area contributed by atoms with Crippen LogP contribution < -0.4 is 9.62 Å². The Labute approximate surface area is 200 Å². The summed E-state index contributed by atoms with van der Waals surface area (Å²) in [4.78, 5) is 12.9. The molecule has 0 atom stereocenters. The highest BCUT2D eigenvalue weighted by molar-refractivity contribution is 7.92. The average molecular weight is 499 g/mol. The fraction of sp³-hybridized carbons (Fsp3) is 0.0870. The van der Waals surface area contributed by atoms with Gasteiger partial charge in [-0.3, -0.25) is 14.4 Å². The predicted octanol–water partition coefficient (Wildman–Crippen LogP) is 5.00. The van der Waals surface area contributed by atoms with E-state index >= 15 is 0 Å². The SMILES string of the molecule is Cc1ccc(N(CC(=O)Nc2nnc(-c3ccccc3)s2)S(=O)(=O)c2ccc(Cl)cc2)cc1. The zero-order valence-corrected chi connectivity index (χ0v) is 19.9. The van der Waals surface area contributed by atoms with Gasteiger partial charge in [0.25, 0.3) is 10.0 Å². The summed E-state index contributed by atoms with van der Waals surface area (Å²) >= 11 is 7.12. The first kappa shape index (κ1) is 22.9. The van der Waals surface area contributed by atoms with Crippen molar-refractivity contribution in [2.24, 2.45) is 0 Å². The molecule has 0 fully saturated rings. The van der Waals surface area contributed by atoms with Crippen molar-refractivity contribution in [3.05, 3.63) is 89.4 Å². The second-order valence-electron chi connectivity index (χ2n) is 7.13. The number of hydrogen-bond donors (Lipinski definition) is 1. The Kier molecular flexibility index (Phi) is 6.73. The highest BCUT2D eigenvalue weighted by Crippen LogP contribution is 2.27. The summed E-state index contributed by atoms with van der Waals surface area (Å²) in [5, 5.41) is 12.1. The number of nitrogens with zero attached hydrogens (tertiary/aromatic N) is 3. The van der Waals surface area contributed by atoms with Gasteiger partial charge in [-0.05, 0) is 43.3 Å². The maximum Gasteiger partial charge on any atom is 0.264 e. The number of hydrogen-bond acceptors (Lipinski definition) is 6. The van der Waals surface area contributed by atoms with E-state index in [0.29, 0.717) is 15.7 Å². The van der Waals surface area contributed by atoms with Crippen LogP contribution in [-0.2, 0) is 14.8 Å². The molecule has 0 unspecified atom stereocenters. The largest absolute Gasteiger partial charge is 0.299 e. The number of carbonyl (C=O) groups is 1. The second kappa shape index (κ2) is 9.70. The van der Waals surface area contributed by atoms with Gasteiger partial charge in [-0.2, -0.15) is 0 Å². The van der Waals surface area contributed by atoms with Crippen molar-refractivity contribution in [1.82, 2.24) is 10.2 Å². The van der Waals surface area contributed by atoms with Crippen molar-refractivity contribution in [2.45, 2.75) is 11.8 Å². The number of aryl methyl sites for hydroxylation is 1. The summed E-state index contributed by atoms with van der Waals surface area (Å²) in [6, 6.07) is 22.2. The molecule has 0 bridgehead atoms.